The number of nitrogens with zero attached hydrogens (tertiary/aromatic N) is 1. The first-order valence-electron chi connectivity index (χ1n) is 5.42. The Kier molecular flexibility index (Phi) is 3.82. The molecule has 5 nitrogen and oxygen atoms in total. The quantitative estimate of drug-likeness (QED) is 0.498. The molecule has 0 aliphatic heterocycles. The number of hydrogen-bond donors (Lipinski definition) is 2. The van der Waals surface area contributed by atoms with Crippen molar-refractivity contribution in [3.8, 4) is 0 Å². The zero-order valence-electron chi connectivity index (χ0n) is 9.10. The largest absolute Gasteiger partial charge is 0.393 e. The van der Waals surface area contributed by atoms with E-state index in [9.17, 15) is 10.1 Å². The van der Waals surface area contributed by atoms with Crippen molar-refractivity contribution in [3.63, 3.8) is 0 Å². The molecule has 17 heavy (non-hydrogen) atoms. The zero-order valence-corrected chi connectivity index (χ0v) is 11.3. The Morgan fingerprint density at radius 1 is 1.53 bits per heavy atom. The van der Waals surface area contributed by atoms with Crippen LogP contribution in [0.25, 0.3) is 0 Å². The molecule has 6 heteroatoms. The summed E-state index contributed by atoms with van der Waals surface area (Å²) in [4.78, 5) is 10.5. The standard InChI is InChI=1S/C11H13IN2O3/c12-8-1-2-10(11(5-8)14(16)17)13-6-7-3-9(15)4-7/h1-2,5,7,9,13,15H,3-4,6H2. The van der Waals surface area contributed by atoms with Gasteiger partial charge >= 0.3 is 0 Å². The maximum absolute atomic E-state index is 10.9. The highest BCUT2D eigenvalue weighted by atomic mass is 127. The summed E-state index contributed by atoms with van der Waals surface area (Å²) in [5.74, 6) is 0.420. The number of benzene rings is 1. The lowest BCUT2D eigenvalue weighted by atomic mass is 9.82. The molecule has 0 unspecified atom stereocenters. The van der Waals surface area contributed by atoms with E-state index >= 15 is 0 Å². The van der Waals surface area contributed by atoms with Gasteiger partial charge in [0.05, 0.1) is 11.0 Å². The molecule has 0 spiro atoms. The Balaban J connectivity index is 2.02. The molecule has 1 aliphatic rings. The van der Waals surface area contributed by atoms with Crippen LogP contribution in [0.4, 0.5) is 11.4 Å². The minimum atomic E-state index is -0.375. The van der Waals surface area contributed by atoms with Crippen LogP contribution in [-0.4, -0.2) is 22.7 Å². The molecule has 0 aromatic heterocycles. The average Bonchev–Trinajstić information content (AvgIpc) is 2.24. The second-order valence-corrected chi connectivity index (χ2v) is 5.54. The van der Waals surface area contributed by atoms with E-state index in [4.69, 9.17) is 5.11 Å². The van der Waals surface area contributed by atoms with Gasteiger partial charge in [-0.25, -0.2) is 0 Å². The number of aliphatic hydroxyl groups excluding tert-OH is 1. The van der Waals surface area contributed by atoms with Gasteiger partial charge in [-0.1, -0.05) is 0 Å². The fourth-order valence-electron chi connectivity index (χ4n) is 1.93. The van der Waals surface area contributed by atoms with E-state index in [1.807, 2.05) is 6.07 Å². The summed E-state index contributed by atoms with van der Waals surface area (Å²) in [7, 11) is 0. The van der Waals surface area contributed by atoms with Crippen LogP contribution in [0.1, 0.15) is 12.8 Å². The SMILES string of the molecule is O=[N+]([O-])c1cc(I)ccc1NCC1CC(O)C1. The minimum Gasteiger partial charge on any atom is -0.393 e. The summed E-state index contributed by atoms with van der Waals surface area (Å²) in [5, 5.41) is 23.1. The molecule has 0 saturated heterocycles. The van der Waals surface area contributed by atoms with Gasteiger partial charge < -0.3 is 10.4 Å². The molecule has 2 N–H and O–H groups in total. The van der Waals surface area contributed by atoms with Crippen LogP contribution in [0, 0.1) is 19.6 Å². The second kappa shape index (κ2) is 5.18. The Morgan fingerprint density at radius 2 is 2.24 bits per heavy atom. The maximum atomic E-state index is 10.9. The Hall–Kier alpha value is -0.890. The third kappa shape index (κ3) is 3.06. The van der Waals surface area contributed by atoms with Gasteiger partial charge in [-0.2, -0.15) is 0 Å². The molecule has 0 radical (unpaired) electrons. The van der Waals surface area contributed by atoms with E-state index in [-0.39, 0.29) is 16.7 Å². The fraction of sp³-hybridized carbons (Fsp3) is 0.455. The van der Waals surface area contributed by atoms with Gasteiger partial charge in [0.15, 0.2) is 0 Å². The van der Waals surface area contributed by atoms with Crippen molar-refractivity contribution in [2.75, 3.05) is 11.9 Å². The van der Waals surface area contributed by atoms with E-state index in [0.717, 1.165) is 16.4 Å². The number of aliphatic hydroxyl groups is 1. The minimum absolute atomic E-state index is 0.108. The fourth-order valence-corrected chi connectivity index (χ4v) is 2.40. The molecule has 0 atom stereocenters. The van der Waals surface area contributed by atoms with E-state index in [2.05, 4.69) is 27.9 Å². The third-order valence-electron chi connectivity index (χ3n) is 2.95. The van der Waals surface area contributed by atoms with Gasteiger partial charge in [-0.15, -0.1) is 0 Å². The topological polar surface area (TPSA) is 75.4 Å². The predicted molar refractivity (Wildman–Crippen MR) is 73.0 cm³/mol. The number of hydrogen-bond acceptors (Lipinski definition) is 4. The monoisotopic (exact) mass is 348 g/mol. The van der Waals surface area contributed by atoms with Gasteiger partial charge in [-0.3, -0.25) is 10.1 Å². The first-order valence-corrected chi connectivity index (χ1v) is 6.50. The van der Waals surface area contributed by atoms with E-state index in [0.29, 0.717) is 18.2 Å². The van der Waals surface area contributed by atoms with Crippen LogP contribution in [0.2, 0.25) is 0 Å². The maximum Gasteiger partial charge on any atom is 0.293 e. The zero-order chi connectivity index (χ0) is 12.4. The second-order valence-electron chi connectivity index (χ2n) is 4.29. The molecule has 2 rings (SSSR count). The molecule has 0 amide bonds. The van der Waals surface area contributed by atoms with Gasteiger partial charge in [-0.05, 0) is 53.5 Å². The normalized spacial score (nSPS) is 22.9. The summed E-state index contributed by atoms with van der Waals surface area (Å²) in [6.07, 6.45) is 1.38. The van der Waals surface area contributed by atoms with Crippen molar-refractivity contribution in [3.05, 3.63) is 31.9 Å². The first-order chi connectivity index (χ1) is 8.06. The molecule has 1 aliphatic carbocycles. The molecule has 1 aromatic carbocycles. The Bertz CT molecular complexity index is 433. The molecule has 0 heterocycles. The van der Waals surface area contributed by atoms with Crippen LogP contribution in [0.15, 0.2) is 18.2 Å². The van der Waals surface area contributed by atoms with Crippen molar-refractivity contribution in [1.82, 2.24) is 0 Å². The molecule has 1 fully saturated rings. The highest BCUT2D eigenvalue weighted by Gasteiger charge is 2.27. The predicted octanol–water partition coefficient (Wildman–Crippen LogP) is 2.38. The molecular formula is C11H13IN2O3. The van der Waals surface area contributed by atoms with Crippen LogP contribution in [0.5, 0.6) is 0 Å². The molecule has 92 valence electrons. The molecule has 1 saturated carbocycles. The summed E-state index contributed by atoms with van der Waals surface area (Å²) in [6.45, 7) is 0.679. The van der Waals surface area contributed by atoms with Gasteiger partial charge in [0, 0.05) is 16.2 Å². The number of rotatable bonds is 4. The van der Waals surface area contributed by atoms with Crippen molar-refractivity contribution in [2.24, 2.45) is 5.92 Å². The third-order valence-corrected chi connectivity index (χ3v) is 3.62. The van der Waals surface area contributed by atoms with E-state index in [1.54, 1.807) is 12.1 Å². The Labute approximate surface area is 113 Å². The Morgan fingerprint density at radius 3 is 2.82 bits per heavy atom. The number of nitro benzene ring substituents is 1. The van der Waals surface area contributed by atoms with Crippen LogP contribution in [0.3, 0.4) is 0 Å². The van der Waals surface area contributed by atoms with Gasteiger partial charge in [0.25, 0.3) is 5.69 Å². The van der Waals surface area contributed by atoms with Gasteiger partial charge in [0.2, 0.25) is 0 Å². The summed E-state index contributed by atoms with van der Waals surface area (Å²) >= 11 is 2.05. The average molecular weight is 348 g/mol. The van der Waals surface area contributed by atoms with Crippen LogP contribution in [-0.2, 0) is 0 Å². The molecule has 0 bridgehead atoms. The number of halogens is 1. The smallest absolute Gasteiger partial charge is 0.293 e. The molecular weight excluding hydrogens is 335 g/mol. The van der Waals surface area contributed by atoms with Crippen LogP contribution >= 0.6 is 22.6 Å². The van der Waals surface area contributed by atoms with Crippen LogP contribution < -0.4 is 5.32 Å². The van der Waals surface area contributed by atoms with Crippen molar-refractivity contribution in [1.29, 1.82) is 0 Å². The van der Waals surface area contributed by atoms with E-state index < -0.39 is 0 Å². The summed E-state index contributed by atoms with van der Waals surface area (Å²) < 4.78 is 0.846. The summed E-state index contributed by atoms with van der Waals surface area (Å²) in [5.41, 5.74) is 0.661. The van der Waals surface area contributed by atoms with E-state index in [1.165, 1.54) is 0 Å². The summed E-state index contributed by atoms with van der Waals surface area (Å²) in [6, 6.07) is 5.12. The first kappa shape index (κ1) is 12.6. The lowest BCUT2D eigenvalue weighted by Gasteiger charge is -2.31. The highest BCUT2D eigenvalue weighted by Crippen LogP contribution is 2.30. The number of anilines is 1. The number of nitro groups is 1. The molecule has 1 aromatic rings. The highest BCUT2D eigenvalue weighted by molar-refractivity contribution is 14.1. The van der Waals surface area contributed by atoms with Gasteiger partial charge in [0.1, 0.15) is 5.69 Å². The lowest BCUT2D eigenvalue weighted by molar-refractivity contribution is -0.384. The van der Waals surface area contributed by atoms with Crippen molar-refractivity contribution in [2.45, 2.75) is 18.9 Å². The van der Waals surface area contributed by atoms with Crippen molar-refractivity contribution < 1.29 is 10.0 Å². The lowest BCUT2D eigenvalue weighted by Crippen LogP contribution is -2.33. The van der Waals surface area contributed by atoms with Crippen molar-refractivity contribution >= 4 is 34.0 Å². The number of nitrogens with one attached hydrogen (secondary N) is 1.